The first-order valence-corrected chi connectivity index (χ1v) is 7.77. The Bertz CT molecular complexity index is 715. The molecule has 6 heteroatoms. The van der Waals surface area contributed by atoms with Gasteiger partial charge in [0.25, 0.3) is 5.91 Å². The van der Waals surface area contributed by atoms with Crippen LogP contribution in [-0.2, 0) is 12.8 Å². The molecule has 0 fully saturated rings. The van der Waals surface area contributed by atoms with Crippen LogP contribution in [0.3, 0.4) is 0 Å². The third kappa shape index (κ3) is 2.47. The minimum absolute atomic E-state index is 0.118. The number of carbonyl (C=O) groups excluding carboxylic acids is 1. The molecule has 3 N–H and O–H groups in total. The molecule has 3 rings (SSSR count). The first-order valence-electron chi connectivity index (χ1n) is 6.89. The van der Waals surface area contributed by atoms with Crippen molar-refractivity contribution in [2.45, 2.75) is 32.6 Å². The van der Waals surface area contributed by atoms with Gasteiger partial charge < -0.3 is 15.4 Å². The van der Waals surface area contributed by atoms with Crippen molar-refractivity contribution in [3.05, 3.63) is 38.8 Å². The Balaban J connectivity index is 1.87. The Kier molecular flexibility index (Phi) is 3.55. The van der Waals surface area contributed by atoms with E-state index in [9.17, 15) is 14.7 Å². The number of aryl methyl sites for hydroxylation is 2. The van der Waals surface area contributed by atoms with Gasteiger partial charge in [-0.05, 0) is 38.2 Å². The fraction of sp³-hybridized carbons (Fsp3) is 0.333. The molecule has 2 aromatic heterocycles. The molecule has 0 unspecified atom stereocenters. The van der Waals surface area contributed by atoms with Crippen LogP contribution in [0.2, 0.25) is 0 Å². The molecule has 0 bridgehead atoms. The van der Waals surface area contributed by atoms with E-state index in [1.807, 2.05) is 5.38 Å². The molecule has 5 nitrogen and oxygen atoms in total. The highest BCUT2D eigenvalue weighted by atomic mass is 32.1. The number of H-pyrrole nitrogens is 1. The monoisotopic (exact) mass is 304 g/mol. The standard InChI is InChI=1S/C15H16N2O3S/c1-8-13(15(19)20)11(6-16-8)17-14(18)10-7-21-12-5-3-2-4-9(10)12/h6-7,16H,2-5H2,1H3,(H,17,18)(H,19,20). The fourth-order valence-corrected chi connectivity index (χ4v) is 3.90. The number of amides is 1. The normalized spacial score (nSPS) is 13.8. The van der Waals surface area contributed by atoms with Gasteiger partial charge in [-0.25, -0.2) is 4.79 Å². The van der Waals surface area contributed by atoms with Crippen molar-refractivity contribution in [3.8, 4) is 0 Å². The average Bonchev–Trinajstić information content (AvgIpc) is 3.02. The summed E-state index contributed by atoms with van der Waals surface area (Å²) in [6.07, 6.45) is 5.77. The Morgan fingerprint density at radius 1 is 1.33 bits per heavy atom. The molecule has 2 heterocycles. The molecule has 0 atom stereocenters. The van der Waals surface area contributed by atoms with Crippen molar-refractivity contribution in [3.63, 3.8) is 0 Å². The predicted octanol–water partition coefficient (Wildman–Crippen LogP) is 3.21. The Morgan fingerprint density at radius 2 is 2.10 bits per heavy atom. The lowest BCUT2D eigenvalue weighted by atomic mass is 9.95. The molecule has 21 heavy (non-hydrogen) atoms. The topological polar surface area (TPSA) is 82.2 Å². The van der Waals surface area contributed by atoms with Crippen molar-refractivity contribution >= 4 is 28.9 Å². The number of aromatic carboxylic acids is 1. The summed E-state index contributed by atoms with van der Waals surface area (Å²) in [4.78, 5) is 27.8. The highest BCUT2D eigenvalue weighted by Crippen LogP contribution is 2.31. The van der Waals surface area contributed by atoms with Crippen LogP contribution >= 0.6 is 11.3 Å². The van der Waals surface area contributed by atoms with Gasteiger partial charge in [0, 0.05) is 22.1 Å². The second kappa shape index (κ2) is 5.37. The van der Waals surface area contributed by atoms with E-state index < -0.39 is 5.97 Å². The number of fused-ring (bicyclic) bond motifs is 1. The van der Waals surface area contributed by atoms with Crippen molar-refractivity contribution < 1.29 is 14.7 Å². The minimum Gasteiger partial charge on any atom is -0.478 e. The molecule has 1 aliphatic rings. The summed E-state index contributed by atoms with van der Waals surface area (Å²) in [7, 11) is 0. The number of thiophene rings is 1. The lowest BCUT2D eigenvalue weighted by Gasteiger charge is -2.12. The van der Waals surface area contributed by atoms with E-state index in [0.717, 1.165) is 24.8 Å². The summed E-state index contributed by atoms with van der Waals surface area (Å²) < 4.78 is 0. The van der Waals surface area contributed by atoms with Gasteiger partial charge in [0.15, 0.2) is 0 Å². The number of aromatic amines is 1. The number of carbonyl (C=O) groups is 2. The van der Waals surface area contributed by atoms with E-state index in [-0.39, 0.29) is 11.5 Å². The average molecular weight is 304 g/mol. The summed E-state index contributed by atoms with van der Waals surface area (Å²) >= 11 is 1.62. The molecule has 110 valence electrons. The molecule has 0 radical (unpaired) electrons. The molecular formula is C15H16N2O3S. The Hall–Kier alpha value is -2.08. The van der Waals surface area contributed by atoms with Crippen LogP contribution in [-0.4, -0.2) is 22.0 Å². The number of carboxylic acid groups (broad SMARTS) is 1. The van der Waals surface area contributed by atoms with E-state index in [1.54, 1.807) is 18.3 Å². The number of hydrogen-bond acceptors (Lipinski definition) is 3. The Morgan fingerprint density at radius 3 is 2.86 bits per heavy atom. The fourth-order valence-electron chi connectivity index (χ4n) is 2.77. The van der Waals surface area contributed by atoms with Crippen LogP contribution in [0.5, 0.6) is 0 Å². The van der Waals surface area contributed by atoms with Gasteiger partial charge in [0.05, 0.1) is 11.3 Å². The molecule has 1 amide bonds. The number of rotatable bonds is 3. The van der Waals surface area contributed by atoms with Crippen LogP contribution in [0.4, 0.5) is 5.69 Å². The maximum atomic E-state index is 12.4. The van der Waals surface area contributed by atoms with Gasteiger partial charge in [0.2, 0.25) is 0 Å². The summed E-state index contributed by atoms with van der Waals surface area (Å²) in [5.41, 5.74) is 2.79. The van der Waals surface area contributed by atoms with Crippen LogP contribution in [0.1, 0.15) is 49.7 Å². The zero-order valence-electron chi connectivity index (χ0n) is 11.7. The van der Waals surface area contributed by atoms with Gasteiger partial charge in [-0.15, -0.1) is 11.3 Å². The third-order valence-electron chi connectivity index (χ3n) is 3.85. The van der Waals surface area contributed by atoms with Crippen LogP contribution < -0.4 is 5.32 Å². The molecular weight excluding hydrogens is 288 g/mol. The quantitative estimate of drug-likeness (QED) is 0.814. The number of anilines is 1. The van der Waals surface area contributed by atoms with Crippen molar-refractivity contribution in [2.75, 3.05) is 5.32 Å². The van der Waals surface area contributed by atoms with Gasteiger partial charge in [-0.3, -0.25) is 4.79 Å². The summed E-state index contributed by atoms with van der Waals surface area (Å²) in [5.74, 6) is -1.27. The summed E-state index contributed by atoms with van der Waals surface area (Å²) in [6.45, 7) is 1.67. The first-order chi connectivity index (χ1) is 10.1. The molecule has 1 aliphatic carbocycles. The van der Waals surface area contributed by atoms with Gasteiger partial charge in [-0.1, -0.05) is 0 Å². The highest BCUT2D eigenvalue weighted by Gasteiger charge is 2.22. The van der Waals surface area contributed by atoms with E-state index in [2.05, 4.69) is 10.3 Å². The Labute approximate surface area is 126 Å². The molecule has 0 spiro atoms. The maximum absolute atomic E-state index is 12.4. The largest absolute Gasteiger partial charge is 0.478 e. The molecule has 2 aromatic rings. The van der Waals surface area contributed by atoms with Crippen LogP contribution in [0.25, 0.3) is 0 Å². The number of nitrogens with one attached hydrogen (secondary N) is 2. The van der Waals surface area contributed by atoms with E-state index in [0.29, 0.717) is 16.9 Å². The van der Waals surface area contributed by atoms with E-state index in [1.165, 1.54) is 17.5 Å². The molecule has 0 aliphatic heterocycles. The predicted molar refractivity (Wildman–Crippen MR) is 81.4 cm³/mol. The summed E-state index contributed by atoms with van der Waals surface area (Å²) in [6, 6.07) is 0. The van der Waals surface area contributed by atoms with Crippen molar-refractivity contribution in [1.82, 2.24) is 4.98 Å². The zero-order chi connectivity index (χ0) is 15.0. The van der Waals surface area contributed by atoms with E-state index >= 15 is 0 Å². The first kappa shape index (κ1) is 13.9. The maximum Gasteiger partial charge on any atom is 0.339 e. The molecule has 0 saturated carbocycles. The van der Waals surface area contributed by atoms with Gasteiger partial charge in [0.1, 0.15) is 5.56 Å². The smallest absolute Gasteiger partial charge is 0.339 e. The lowest BCUT2D eigenvalue weighted by molar-refractivity contribution is 0.0697. The van der Waals surface area contributed by atoms with E-state index in [4.69, 9.17) is 0 Å². The summed E-state index contributed by atoms with van der Waals surface area (Å²) in [5, 5.41) is 13.8. The van der Waals surface area contributed by atoms with Crippen molar-refractivity contribution in [2.24, 2.45) is 0 Å². The number of aromatic nitrogens is 1. The third-order valence-corrected chi connectivity index (χ3v) is 4.93. The van der Waals surface area contributed by atoms with Crippen LogP contribution in [0.15, 0.2) is 11.6 Å². The molecule has 0 aromatic carbocycles. The highest BCUT2D eigenvalue weighted by molar-refractivity contribution is 7.10. The second-order valence-corrected chi connectivity index (χ2v) is 6.18. The van der Waals surface area contributed by atoms with Crippen molar-refractivity contribution in [1.29, 1.82) is 0 Å². The SMILES string of the molecule is Cc1[nH]cc(NC(=O)c2csc3c2CCCC3)c1C(=O)O. The minimum atomic E-state index is -1.05. The van der Waals surface area contributed by atoms with Gasteiger partial charge >= 0.3 is 5.97 Å². The molecule has 0 saturated heterocycles. The number of hydrogen-bond donors (Lipinski definition) is 3. The lowest BCUT2D eigenvalue weighted by Crippen LogP contribution is -2.16. The number of carboxylic acids is 1. The van der Waals surface area contributed by atoms with Crippen LogP contribution in [0, 0.1) is 6.92 Å². The second-order valence-electron chi connectivity index (χ2n) is 5.22. The zero-order valence-corrected chi connectivity index (χ0v) is 12.5. The van der Waals surface area contributed by atoms with Gasteiger partial charge in [-0.2, -0.15) is 0 Å².